The molecule has 1 atom stereocenters. The van der Waals surface area contributed by atoms with E-state index in [0.717, 1.165) is 5.69 Å². The Hall–Kier alpha value is -2.32. The highest BCUT2D eigenvalue weighted by Gasteiger charge is 2.14. The molecule has 0 aliphatic carbocycles. The lowest BCUT2D eigenvalue weighted by molar-refractivity contribution is 0.697. The Morgan fingerprint density at radius 3 is 2.30 bits per heavy atom. The van der Waals surface area contributed by atoms with Gasteiger partial charge in [0.25, 0.3) is 0 Å². The minimum atomic E-state index is 0.168. The molecule has 2 heteroatoms. The van der Waals surface area contributed by atoms with Crippen LogP contribution in [0.4, 0.5) is 5.69 Å². The van der Waals surface area contributed by atoms with Crippen LogP contribution in [0.5, 0.6) is 0 Å². The summed E-state index contributed by atoms with van der Waals surface area (Å²) in [7, 11) is 1.99. The Kier molecular flexibility index (Phi) is 3.40. The molecule has 0 aromatic heterocycles. The van der Waals surface area contributed by atoms with Gasteiger partial charge in [0.05, 0.1) is 6.04 Å². The van der Waals surface area contributed by atoms with Crippen LogP contribution in [0.1, 0.15) is 17.2 Å². The molecule has 1 unspecified atom stereocenters. The van der Waals surface area contributed by atoms with Gasteiger partial charge in [-0.15, -0.1) is 0 Å². The fourth-order valence-electron chi connectivity index (χ4n) is 2.69. The summed E-state index contributed by atoms with van der Waals surface area (Å²) in [5.41, 5.74) is 9.08. The van der Waals surface area contributed by atoms with Crippen molar-refractivity contribution >= 4 is 16.5 Å². The van der Waals surface area contributed by atoms with E-state index in [2.05, 4.69) is 59.9 Å². The smallest absolute Gasteiger partial charge is 0.0580 e. The number of anilines is 1. The topological polar surface area (TPSA) is 38.0 Å². The lowest BCUT2D eigenvalue weighted by Crippen LogP contribution is -2.17. The van der Waals surface area contributed by atoms with Gasteiger partial charge in [-0.1, -0.05) is 54.6 Å². The van der Waals surface area contributed by atoms with E-state index < -0.39 is 0 Å². The van der Waals surface area contributed by atoms with Crippen molar-refractivity contribution < 1.29 is 0 Å². The molecule has 0 heterocycles. The van der Waals surface area contributed by atoms with Crippen molar-refractivity contribution in [1.29, 1.82) is 0 Å². The molecule has 0 radical (unpaired) electrons. The van der Waals surface area contributed by atoms with Gasteiger partial charge >= 0.3 is 0 Å². The average Bonchev–Trinajstić information content (AvgIpc) is 2.50. The second-order valence-corrected chi connectivity index (χ2v) is 4.96. The van der Waals surface area contributed by atoms with Crippen LogP contribution in [-0.4, -0.2) is 7.05 Å². The summed E-state index contributed by atoms with van der Waals surface area (Å²) >= 11 is 0. The minimum Gasteiger partial charge on any atom is -0.399 e. The summed E-state index contributed by atoms with van der Waals surface area (Å²) in [6, 6.07) is 23.1. The molecule has 2 nitrogen and oxygen atoms in total. The van der Waals surface area contributed by atoms with E-state index in [0.29, 0.717) is 0 Å². The molecule has 100 valence electrons. The summed E-state index contributed by atoms with van der Waals surface area (Å²) in [5.74, 6) is 0. The molecule has 3 aromatic rings. The molecule has 0 aliphatic rings. The second kappa shape index (κ2) is 5.35. The van der Waals surface area contributed by atoms with Gasteiger partial charge in [-0.2, -0.15) is 0 Å². The van der Waals surface area contributed by atoms with E-state index in [1.54, 1.807) is 0 Å². The number of nitrogens with one attached hydrogen (secondary N) is 1. The zero-order valence-electron chi connectivity index (χ0n) is 11.5. The third-order valence-electron chi connectivity index (χ3n) is 3.69. The first-order valence-electron chi connectivity index (χ1n) is 6.80. The van der Waals surface area contributed by atoms with E-state index in [-0.39, 0.29) is 6.04 Å². The van der Waals surface area contributed by atoms with Crippen molar-refractivity contribution in [3.63, 3.8) is 0 Å². The fourth-order valence-corrected chi connectivity index (χ4v) is 2.69. The standard InChI is InChI=1S/C18H18N2/c1-20-18(14-9-11-15(19)12-10-14)17-8-4-6-13-5-2-3-7-16(13)17/h2-12,18,20H,19H2,1H3. The molecule has 3 aromatic carbocycles. The van der Waals surface area contributed by atoms with Crippen molar-refractivity contribution in [2.24, 2.45) is 0 Å². The first-order valence-corrected chi connectivity index (χ1v) is 6.80. The minimum absolute atomic E-state index is 0.168. The number of hydrogen-bond acceptors (Lipinski definition) is 2. The van der Waals surface area contributed by atoms with Crippen LogP contribution in [0, 0.1) is 0 Å². The molecule has 0 saturated carbocycles. The highest BCUT2D eigenvalue weighted by atomic mass is 14.9. The summed E-state index contributed by atoms with van der Waals surface area (Å²) in [5, 5.41) is 5.95. The summed E-state index contributed by atoms with van der Waals surface area (Å²) < 4.78 is 0. The number of hydrogen-bond donors (Lipinski definition) is 2. The van der Waals surface area contributed by atoms with Crippen molar-refractivity contribution in [2.75, 3.05) is 12.8 Å². The third-order valence-corrected chi connectivity index (χ3v) is 3.69. The number of benzene rings is 3. The highest BCUT2D eigenvalue weighted by molar-refractivity contribution is 5.86. The van der Waals surface area contributed by atoms with Crippen molar-refractivity contribution in [3.05, 3.63) is 77.9 Å². The summed E-state index contributed by atoms with van der Waals surface area (Å²) in [6.07, 6.45) is 0. The monoisotopic (exact) mass is 262 g/mol. The fraction of sp³-hybridized carbons (Fsp3) is 0.111. The summed E-state index contributed by atoms with van der Waals surface area (Å²) in [4.78, 5) is 0. The number of fused-ring (bicyclic) bond motifs is 1. The number of rotatable bonds is 3. The lowest BCUT2D eigenvalue weighted by Gasteiger charge is -2.19. The predicted molar refractivity (Wildman–Crippen MR) is 85.7 cm³/mol. The first-order chi connectivity index (χ1) is 9.79. The zero-order valence-corrected chi connectivity index (χ0v) is 11.5. The Labute approximate surface area is 119 Å². The lowest BCUT2D eigenvalue weighted by atomic mass is 9.94. The number of nitrogens with two attached hydrogens (primary N) is 1. The maximum Gasteiger partial charge on any atom is 0.0580 e. The van der Waals surface area contributed by atoms with Gasteiger partial charge in [-0.05, 0) is 41.1 Å². The summed E-state index contributed by atoms with van der Waals surface area (Å²) in [6.45, 7) is 0. The first kappa shape index (κ1) is 12.7. The quantitative estimate of drug-likeness (QED) is 0.706. The number of nitrogen functional groups attached to an aromatic ring is 1. The maximum atomic E-state index is 5.78. The Morgan fingerprint density at radius 1 is 0.850 bits per heavy atom. The van der Waals surface area contributed by atoms with Crippen LogP contribution in [0.2, 0.25) is 0 Å². The molecule has 20 heavy (non-hydrogen) atoms. The van der Waals surface area contributed by atoms with E-state index in [9.17, 15) is 0 Å². The molecule has 0 aliphatic heterocycles. The molecule has 0 spiro atoms. The van der Waals surface area contributed by atoms with Gasteiger partial charge in [0, 0.05) is 5.69 Å². The predicted octanol–water partition coefficient (Wildman–Crippen LogP) is 3.73. The molecular formula is C18H18N2. The van der Waals surface area contributed by atoms with Gasteiger partial charge in [0.15, 0.2) is 0 Å². The van der Waals surface area contributed by atoms with E-state index in [1.165, 1.54) is 21.9 Å². The van der Waals surface area contributed by atoms with Crippen LogP contribution in [0.3, 0.4) is 0 Å². The molecule has 0 saturated heterocycles. The molecule has 0 amide bonds. The highest BCUT2D eigenvalue weighted by Crippen LogP contribution is 2.29. The maximum absolute atomic E-state index is 5.78. The Balaban J connectivity index is 2.14. The largest absolute Gasteiger partial charge is 0.399 e. The van der Waals surface area contributed by atoms with Crippen molar-refractivity contribution in [2.45, 2.75) is 6.04 Å². The zero-order chi connectivity index (χ0) is 13.9. The molecule has 0 bridgehead atoms. The van der Waals surface area contributed by atoms with Crippen LogP contribution < -0.4 is 11.1 Å². The Morgan fingerprint density at radius 2 is 1.55 bits per heavy atom. The molecule has 3 N–H and O–H groups in total. The van der Waals surface area contributed by atoms with E-state index in [4.69, 9.17) is 5.73 Å². The average molecular weight is 262 g/mol. The van der Waals surface area contributed by atoms with Gasteiger partial charge in [0.1, 0.15) is 0 Å². The van der Waals surface area contributed by atoms with Crippen LogP contribution in [0.15, 0.2) is 66.7 Å². The van der Waals surface area contributed by atoms with Crippen LogP contribution in [-0.2, 0) is 0 Å². The Bertz CT molecular complexity index is 712. The van der Waals surface area contributed by atoms with Crippen molar-refractivity contribution in [1.82, 2.24) is 5.32 Å². The SMILES string of the molecule is CNC(c1ccc(N)cc1)c1cccc2ccccc12. The van der Waals surface area contributed by atoms with Gasteiger partial charge in [-0.3, -0.25) is 0 Å². The normalized spacial score (nSPS) is 12.4. The second-order valence-electron chi connectivity index (χ2n) is 4.96. The molecule has 0 fully saturated rings. The van der Waals surface area contributed by atoms with Crippen molar-refractivity contribution in [3.8, 4) is 0 Å². The third kappa shape index (κ3) is 2.26. The molecular weight excluding hydrogens is 244 g/mol. The van der Waals surface area contributed by atoms with Gasteiger partial charge in [0.2, 0.25) is 0 Å². The van der Waals surface area contributed by atoms with E-state index in [1.807, 2.05) is 19.2 Å². The van der Waals surface area contributed by atoms with Crippen LogP contribution >= 0.6 is 0 Å². The van der Waals surface area contributed by atoms with Gasteiger partial charge in [-0.25, -0.2) is 0 Å². The van der Waals surface area contributed by atoms with E-state index >= 15 is 0 Å². The van der Waals surface area contributed by atoms with Gasteiger partial charge < -0.3 is 11.1 Å². The van der Waals surface area contributed by atoms with Crippen LogP contribution in [0.25, 0.3) is 10.8 Å². The molecule has 3 rings (SSSR count).